The summed E-state index contributed by atoms with van der Waals surface area (Å²) in [6.07, 6.45) is 3.76. The summed E-state index contributed by atoms with van der Waals surface area (Å²) in [5.41, 5.74) is 8.89. The Hall–Kier alpha value is -3.63. The molecule has 3 rings (SSSR count). The molecule has 228 valence electrons. The van der Waals surface area contributed by atoms with Gasteiger partial charge in [0.05, 0.1) is 42.3 Å². The second-order valence-corrected chi connectivity index (χ2v) is 10.8. The first-order chi connectivity index (χ1) is 20.0. The number of likely N-dealkylation sites (tertiary alicyclic amines) is 1. The number of nitrogens with zero attached hydrogens (tertiary/aromatic N) is 3. The number of amides is 1. The minimum absolute atomic E-state index is 0.0473. The Morgan fingerprint density at radius 1 is 1.19 bits per heavy atom. The number of ketones is 1. The van der Waals surface area contributed by atoms with Crippen LogP contribution in [0.25, 0.3) is 23.0 Å². The lowest BCUT2D eigenvalue weighted by atomic mass is 9.93. The fourth-order valence-corrected chi connectivity index (χ4v) is 5.20. The molecule has 3 N–H and O–H groups in total. The van der Waals surface area contributed by atoms with E-state index in [-0.39, 0.29) is 30.2 Å². The van der Waals surface area contributed by atoms with E-state index < -0.39 is 6.10 Å². The number of aliphatic hydroxyl groups excluding tert-OH is 1. The lowest BCUT2D eigenvalue weighted by molar-refractivity contribution is -0.111. The molecular formula is C31H41ClN4O6. The van der Waals surface area contributed by atoms with Crippen molar-refractivity contribution in [2.45, 2.75) is 59.5 Å². The standard InChI is InChI=1S/C31H41ClN4O6/c1-7-8-22(38)17-42-23-9-10-25(32)24(15-23)30-34-26(18(2)29(35-30)28(19(3)33)20(4)37)16-27(40-5)21-11-13-36(14-12-21)31(39)41-6/h9-10,15-16,21-22,38H,7-8,11-14,17,33H2,1-6H3/b27-16-,28-19?/t22-/m1/s1. The third-order valence-electron chi connectivity index (χ3n) is 7.25. The molecule has 1 aliphatic heterocycles. The Labute approximate surface area is 252 Å². The topological polar surface area (TPSA) is 137 Å². The number of nitrogens with two attached hydrogens (primary N) is 1. The van der Waals surface area contributed by atoms with Gasteiger partial charge >= 0.3 is 6.09 Å². The lowest BCUT2D eigenvalue weighted by Crippen LogP contribution is -2.38. The average molecular weight is 601 g/mol. The van der Waals surface area contributed by atoms with Crippen LogP contribution >= 0.6 is 11.6 Å². The first-order valence-corrected chi connectivity index (χ1v) is 14.4. The molecule has 0 unspecified atom stereocenters. The number of carbonyl (C=O) groups excluding carboxylic acids is 2. The van der Waals surface area contributed by atoms with E-state index in [4.69, 9.17) is 41.5 Å². The number of aromatic nitrogens is 2. The number of hydrogen-bond acceptors (Lipinski definition) is 9. The zero-order valence-electron chi connectivity index (χ0n) is 25.2. The molecule has 0 aliphatic carbocycles. The van der Waals surface area contributed by atoms with Crippen molar-refractivity contribution in [3.63, 3.8) is 0 Å². The first-order valence-electron chi connectivity index (χ1n) is 14.1. The molecule has 1 amide bonds. The molecule has 1 saturated heterocycles. The predicted octanol–water partition coefficient (Wildman–Crippen LogP) is 5.39. The van der Waals surface area contributed by atoms with Crippen molar-refractivity contribution in [3.05, 3.63) is 51.6 Å². The number of benzene rings is 1. The normalized spacial score (nSPS) is 15.6. The third kappa shape index (κ3) is 8.01. The molecule has 0 spiro atoms. The zero-order valence-corrected chi connectivity index (χ0v) is 26.0. The van der Waals surface area contributed by atoms with E-state index >= 15 is 0 Å². The Bertz CT molecular complexity index is 1350. The highest BCUT2D eigenvalue weighted by atomic mass is 35.5. The SMILES string of the molecule is CCC[C@@H](O)COc1ccc(Cl)c(-c2nc(/C=C(\OC)C3CCN(C(=O)OC)CC3)c(C)c(C(C(C)=O)=C(C)N)n2)c1. The predicted molar refractivity (Wildman–Crippen MR) is 163 cm³/mol. The van der Waals surface area contributed by atoms with Crippen LogP contribution in [-0.2, 0) is 14.3 Å². The summed E-state index contributed by atoms with van der Waals surface area (Å²) < 4.78 is 16.5. The Morgan fingerprint density at radius 3 is 2.45 bits per heavy atom. The van der Waals surface area contributed by atoms with Crippen molar-refractivity contribution < 1.29 is 28.9 Å². The summed E-state index contributed by atoms with van der Waals surface area (Å²) in [7, 11) is 2.98. The molecule has 1 aromatic carbocycles. The van der Waals surface area contributed by atoms with Gasteiger partial charge in [-0.25, -0.2) is 14.8 Å². The highest BCUT2D eigenvalue weighted by molar-refractivity contribution is 6.33. The fraction of sp³-hybridized carbons (Fsp3) is 0.484. The third-order valence-corrected chi connectivity index (χ3v) is 7.58. The molecule has 11 heteroatoms. The summed E-state index contributed by atoms with van der Waals surface area (Å²) in [6, 6.07) is 5.12. The van der Waals surface area contributed by atoms with E-state index in [2.05, 4.69) is 0 Å². The maximum atomic E-state index is 12.7. The van der Waals surface area contributed by atoms with Crippen LogP contribution in [0.4, 0.5) is 4.79 Å². The van der Waals surface area contributed by atoms with E-state index in [0.29, 0.717) is 82.7 Å². The lowest BCUT2D eigenvalue weighted by Gasteiger charge is -2.31. The van der Waals surface area contributed by atoms with Gasteiger partial charge in [0.15, 0.2) is 11.6 Å². The molecule has 0 bridgehead atoms. The van der Waals surface area contributed by atoms with Crippen LogP contribution in [0.15, 0.2) is 29.7 Å². The molecule has 1 aromatic heterocycles. The number of methoxy groups -OCH3 is 2. The molecule has 2 aromatic rings. The maximum absolute atomic E-state index is 12.7. The van der Waals surface area contributed by atoms with Gasteiger partial charge in [-0.1, -0.05) is 24.9 Å². The number of ether oxygens (including phenoxy) is 3. The van der Waals surface area contributed by atoms with Crippen molar-refractivity contribution in [2.75, 3.05) is 33.9 Å². The Kier molecular flexibility index (Phi) is 11.8. The number of carbonyl (C=O) groups is 2. The van der Waals surface area contributed by atoms with E-state index in [1.165, 1.54) is 14.0 Å². The molecule has 10 nitrogen and oxygen atoms in total. The van der Waals surface area contributed by atoms with Gasteiger partial charge in [0.2, 0.25) is 0 Å². The van der Waals surface area contributed by atoms with E-state index in [1.807, 2.05) is 19.9 Å². The van der Waals surface area contributed by atoms with Gasteiger partial charge in [-0.15, -0.1) is 0 Å². The Balaban J connectivity index is 2.11. The minimum Gasteiger partial charge on any atom is -0.501 e. The van der Waals surface area contributed by atoms with E-state index in [9.17, 15) is 14.7 Å². The smallest absolute Gasteiger partial charge is 0.409 e. The molecular weight excluding hydrogens is 560 g/mol. The van der Waals surface area contributed by atoms with E-state index in [1.54, 1.807) is 37.1 Å². The highest BCUT2D eigenvalue weighted by Gasteiger charge is 2.27. The number of Topliss-reactive ketones (excluding diaryl/α,β-unsaturated/α-hetero) is 1. The number of allylic oxidation sites excluding steroid dienone is 3. The summed E-state index contributed by atoms with van der Waals surface area (Å²) in [5, 5.41) is 10.5. The van der Waals surface area contributed by atoms with Gasteiger partial charge in [-0.3, -0.25) is 4.79 Å². The van der Waals surface area contributed by atoms with Gasteiger partial charge in [0, 0.05) is 41.9 Å². The minimum atomic E-state index is -0.587. The van der Waals surface area contributed by atoms with Crippen LogP contribution in [0.1, 0.15) is 63.4 Å². The monoisotopic (exact) mass is 600 g/mol. The highest BCUT2D eigenvalue weighted by Crippen LogP contribution is 2.34. The Morgan fingerprint density at radius 2 is 1.88 bits per heavy atom. The molecule has 2 heterocycles. The summed E-state index contributed by atoms with van der Waals surface area (Å²) >= 11 is 6.63. The van der Waals surface area contributed by atoms with Crippen LogP contribution in [0.5, 0.6) is 5.75 Å². The van der Waals surface area contributed by atoms with Crippen LogP contribution < -0.4 is 10.5 Å². The number of piperidine rings is 1. The molecule has 0 radical (unpaired) electrons. The second-order valence-electron chi connectivity index (χ2n) is 10.4. The quantitative estimate of drug-likeness (QED) is 0.257. The molecule has 1 atom stereocenters. The van der Waals surface area contributed by atoms with Gasteiger partial charge in [-0.2, -0.15) is 0 Å². The summed E-state index contributed by atoms with van der Waals surface area (Å²) in [6.45, 7) is 8.15. The largest absolute Gasteiger partial charge is 0.501 e. The van der Waals surface area contributed by atoms with Crippen LogP contribution in [0, 0.1) is 12.8 Å². The average Bonchev–Trinajstić information content (AvgIpc) is 2.96. The van der Waals surface area contributed by atoms with E-state index in [0.717, 1.165) is 6.42 Å². The number of aliphatic hydroxyl groups is 1. The van der Waals surface area contributed by atoms with Crippen molar-refractivity contribution >= 4 is 35.1 Å². The zero-order chi connectivity index (χ0) is 31.0. The first kappa shape index (κ1) is 32.9. The second kappa shape index (κ2) is 15.0. The number of halogens is 1. The van der Waals surface area contributed by atoms with Crippen LogP contribution in [-0.4, -0.2) is 71.9 Å². The van der Waals surface area contributed by atoms with Gasteiger partial charge < -0.3 is 30.0 Å². The summed E-state index contributed by atoms with van der Waals surface area (Å²) in [5.74, 6) is 1.30. The van der Waals surface area contributed by atoms with Gasteiger partial charge in [0.25, 0.3) is 0 Å². The summed E-state index contributed by atoms with van der Waals surface area (Å²) in [4.78, 5) is 36.0. The molecule has 1 aliphatic rings. The van der Waals surface area contributed by atoms with Crippen molar-refractivity contribution in [2.24, 2.45) is 11.7 Å². The van der Waals surface area contributed by atoms with Crippen LogP contribution in [0.2, 0.25) is 5.02 Å². The van der Waals surface area contributed by atoms with Crippen molar-refractivity contribution in [1.29, 1.82) is 0 Å². The maximum Gasteiger partial charge on any atom is 0.409 e. The fourth-order valence-electron chi connectivity index (χ4n) is 5.00. The number of rotatable bonds is 11. The van der Waals surface area contributed by atoms with Crippen LogP contribution in [0.3, 0.4) is 0 Å². The van der Waals surface area contributed by atoms with Crippen molar-refractivity contribution in [3.8, 4) is 17.1 Å². The van der Waals surface area contributed by atoms with Crippen molar-refractivity contribution in [1.82, 2.24) is 14.9 Å². The van der Waals surface area contributed by atoms with Gasteiger partial charge in [0.1, 0.15) is 18.1 Å². The molecule has 1 fully saturated rings. The molecule has 42 heavy (non-hydrogen) atoms. The number of hydrogen-bond donors (Lipinski definition) is 2. The molecule has 0 saturated carbocycles. The van der Waals surface area contributed by atoms with Gasteiger partial charge in [-0.05, 0) is 58.2 Å².